The van der Waals surface area contributed by atoms with Crippen molar-refractivity contribution in [1.82, 2.24) is 29.1 Å². The van der Waals surface area contributed by atoms with E-state index in [1.54, 1.807) is 60.1 Å². The van der Waals surface area contributed by atoms with Crippen LogP contribution in [0.5, 0.6) is 11.6 Å². The fraction of sp³-hybridized carbons (Fsp3) is 0.0909. The first-order chi connectivity index (χ1) is 15.6. The summed E-state index contributed by atoms with van der Waals surface area (Å²) >= 11 is 0. The molecule has 0 atom stereocenters. The summed E-state index contributed by atoms with van der Waals surface area (Å²) in [6, 6.07) is 13.7. The van der Waals surface area contributed by atoms with E-state index >= 15 is 0 Å². The second-order valence-electron chi connectivity index (χ2n) is 6.86. The lowest BCUT2D eigenvalue weighted by atomic mass is 10.2. The van der Waals surface area contributed by atoms with Crippen molar-refractivity contribution < 1.29 is 14.3 Å². The molecule has 0 aliphatic rings. The molecule has 4 aromatic heterocycles. The number of aromatic nitrogens is 6. The molecule has 0 unspecified atom stereocenters. The van der Waals surface area contributed by atoms with Crippen LogP contribution in [0.3, 0.4) is 0 Å². The Morgan fingerprint density at radius 1 is 1.03 bits per heavy atom. The maximum atomic E-state index is 12.8. The van der Waals surface area contributed by atoms with Crippen molar-refractivity contribution in [2.75, 3.05) is 0 Å². The van der Waals surface area contributed by atoms with Gasteiger partial charge in [0.05, 0.1) is 17.1 Å². The Balaban J connectivity index is 1.45. The number of rotatable bonds is 5. The second kappa shape index (κ2) is 7.91. The fourth-order valence-electron chi connectivity index (χ4n) is 3.34. The Hall–Kier alpha value is -4.60. The summed E-state index contributed by atoms with van der Waals surface area (Å²) in [5, 5.41) is 8.73. The molecule has 0 fully saturated rings. The number of nitrogens with zero attached hydrogens (tertiary/aromatic N) is 6. The topological polar surface area (TPSA) is 114 Å². The van der Waals surface area contributed by atoms with Gasteiger partial charge in [-0.1, -0.05) is 12.1 Å². The zero-order chi connectivity index (χ0) is 22.1. The molecule has 32 heavy (non-hydrogen) atoms. The summed E-state index contributed by atoms with van der Waals surface area (Å²) in [5.74, 6) is 0.629. The fourth-order valence-corrected chi connectivity index (χ4v) is 3.34. The molecule has 1 aromatic carbocycles. The van der Waals surface area contributed by atoms with Gasteiger partial charge in [0.25, 0.3) is 5.56 Å². The lowest BCUT2D eigenvalue weighted by Crippen LogP contribution is -2.20. The predicted octanol–water partition coefficient (Wildman–Crippen LogP) is 2.52. The molecular formula is C22H16N6O4. The number of aryl methyl sites for hydroxylation is 1. The van der Waals surface area contributed by atoms with E-state index < -0.39 is 5.97 Å². The number of fused-ring (bicyclic) bond motifs is 3. The SMILES string of the molecule is Cn1c(=O)c2ccccc2n2c(COC(=O)c3cccnc3Oc3cccnc3)nnc12. The van der Waals surface area contributed by atoms with Gasteiger partial charge in [0.1, 0.15) is 11.3 Å². The number of pyridine rings is 2. The van der Waals surface area contributed by atoms with E-state index in [2.05, 4.69) is 20.2 Å². The first-order valence-electron chi connectivity index (χ1n) is 9.65. The van der Waals surface area contributed by atoms with Crippen LogP contribution >= 0.6 is 0 Å². The lowest BCUT2D eigenvalue weighted by molar-refractivity contribution is 0.0457. The molecule has 158 valence electrons. The van der Waals surface area contributed by atoms with Gasteiger partial charge < -0.3 is 9.47 Å². The quantitative estimate of drug-likeness (QED) is 0.393. The Bertz CT molecular complexity index is 1510. The van der Waals surface area contributed by atoms with Crippen molar-refractivity contribution in [3.05, 3.63) is 88.9 Å². The minimum Gasteiger partial charge on any atom is -0.454 e. The molecule has 0 aliphatic carbocycles. The van der Waals surface area contributed by atoms with Crippen LogP contribution < -0.4 is 10.3 Å². The molecular weight excluding hydrogens is 412 g/mol. The van der Waals surface area contributed by atoms with Gasteiger partial charge in [-0.05, 0) is 36.4 Å². The average Bonchev–Trinajstić information content (AvgIpc) is 3.26. The Labute approximate surface area is 180 Å². The van der Waals surface area contributed by atoms with Gasteiger partial charge in [0.15, 0.2) is 12.4 Å². The van der Waals surface area contributed by atoms with E-state index in [1.165, 1.54) is 17.0 Å². The molecule has 10 nitrogen and oxygen atoms in total. The zero-order valence-electron chi connectivity index (χ0n) is 16.9. The molecule has 0 radical (unpaired) electrons. The zero-order valence-corrected chi connectivity index (χ0v) is 16.9. The van der Waals surface area contributed by atoms with E-state index in [9.17, 15) is 9.59 Å². The molecule has 10 heteroatoms. The molecule has 0 bridgehead atoms. The second-order valence-corrected chi connectivity index (χ2v) is 6.86. The van der Waals surface area contributed by atoms with Crippen LogP contribution in [-0.4, -0.2) is 35.1 Å². The van der Waals surface area contributed by atoms with E-state index in [1.807, 2.05) is 6.07 Å². The van der Waals surface area contributed by atoms with E-state index in [-0.39, 0.29) is 23.6 Å². The third kappa shape index (κ3) is 3.33. The average molecular weight is 428 g/mol. The van der Waals surface area contributed by atoms with Crippen molar-refractivity contribution in [3.8, 4) is 11.6 Å². The standard InChI is InChI=1S/C22H16N6O4/c1-27-20(29)15-7-2-3-9-17(15)28-18(25-26-22(27)28)13-31-21(30)16-8-5-11-24-19(16)32-14-6-4-10-23-12-14/h2-12H,13H2,1H3. The highest BCUT2D eigenvalue weighted by molar-refractivity contribution is 5.91. The smallest absolute Gasteiger partial charge is 0.344 e. The van der Waals surface area contributed by atoms with E-state index in [0.717, 1.165) is 0 Å². The molecule has 4 heterocycles. The molecule has 0 spiro atoms. The predicted molar refractivity (Wildman–Crippen MR) is 113 cm³/mol. The highest BCUT2D eigenvalue weighted by atomic mass is 16.5. The first-order valence-corrected chi connectivity index (χ1v) is 9.65. The van der Waals surface area contributed by atoms with Gasteiger partial charge in [0, 0.05) is 19.4 Å². The summed E-state index contributed by atoms with van der Waals surface area (Å²) in [4.78, 5) is 33.5. The normalized spacial score (nSPS) is 11.0. The van der Waals surface area contributed by atoms with Crippen molar-refractivity contribution >= 4 is 22.6 Å². The summed E-state index contributed by atoms with van der Waals surface area (Å²) in [6.07, 6.45) is 4.64. The van der Waals surface area contributed by atoms with Gasteiger partial charge in [-0.15, -0.1) is 10.2 Å². The first kappa shape index (κ1) is 19.4. The minimum absolute atomic E-state index is 0.101. The Kier molecular flexibility index (Phi) is 4.79. The van der Waals surface area contributed by atoms with Gasteiger partial charge in [0.2, 0.25) is 11.7 Å². The van der Waals surface area contributed by atoms with E-state index in [4.69, 9.17) is 9.47 Å². The third-order valence-electron chi connectivity index (χ3n) is 4.87. The van der Waals surface area contributed by atoms with Crippen LogP contribution in [0.15, 0.2) is 71.9 Å². The maximum absolute atomic E-state index is 12.8. The van der Waals surface area contributed by atoms with Crippen LogP contribution in [0.1, 0.15) is 16.2 Å². The molecule has 0 saturated heterocycles. The number of hydrogen-bond donors (Lipinski definition) is 0. The van der Waals surface area contributed by atoms with Gasteiger partial charge in [-0.2, -0.15) is 0 Å². The summed E-state index contributed by atoms with van der Waals surface area (Å²) < 4.78 is 14.3. The van der Waals surface area contributed by atoms with Crippen LogP contribution in [-0.2, 0) is 18.4 Å². The molecule has 0 amide bonds. The number of carbonyl (C=O) groups is 1. The highest BCUT2D eigenvalue weighted by Crippen LogP contribution is 2.23. The minimum atomic E-state index is -0.636. The Morgan fingerprint density at radius 2 is 1.88 bits per heavy atom. The van der Waals surface area contributed by atoms with Gasteiger partial charge in [-0.25, -0.2) is 9.78 Å². The van der Waals surface area contributed by atoms with Crippen molar-refractivity contribution in [3.63, 3.8) is 0 Å². The van der Waals surface area contributed by atoms with Crippen LogP contribution in [0.2, 0.25) is 0 Å². The monoisotopic (exact) mass is 428 g/mol. The van der Waals surface area contributed by atoms with Crippen LogP contribution in [0.4, 0.5) is 0 Å². The highest BCUT2D eigenvalue weighted by Gasteiger charge is 2.19. The molecule has 0 aliphatic heterocycles. The summed E-state index contributed by atoms with van der Waals surface area (Å²) in [7, 11) is 1.62. The summed E-state index contributed by atoms with van der Waals surface area (Å²) in [6.45, 7) is -0.163. The third-order valence-corrected chi connectivity index (χ3v) is 4.87. The van der Waals surface area contributed by atoms with Crippen molar-refractivity contribution in [2.45, 2.75) is 6.61 Å². The number of ether oxygens (including phenoxy) is 2. The number of hydrogen-bond acceptors (Lipinski definition) is 8. The van der Waals surface area contributed by atoms with E-state index in [0.29, 0.717) is 28.3 Å². The van der Waals surface area contributed by atoms with Crippen LogP contribution in [0.25, 0.3) is 16.7 Å². The van der Waals surface area contributed by atoms with Gasteiger partial charge >= 0.3 is 5.97 Å². The molecule has 5 rings (SSSR count). The summed E-state index contributed by atoms with van der Waals surface area (Å²) in [5.41, 5.74) is 0.600. The molecule has 0 N–H and O–H groups in total. The maximum Gasteiger partial charge on any atom is 0.344 e. The number of para-hydroxylation sites is 1. The number of carbonyl (C=O) groups excluding carboxylic acids is 1. The number of benzene rings is 1. The van der Waals surface area contributed by atoms with Crippen molar-refractivity contribution in [2.24, 2.45) is 7.05 Å². The van der Waals surface area contributed by atoms with Crippen molar-refractivity contribution in [1.29, 1.82) is 0 Å². The lowest BCUT2D eigenvalue weighted by Gasteiger charge is -2.10. The van der Waals surface area contributed by atoms with Gasteiger partial charge in [-0.3, -0.25) is 18.7 Å². The van der Waals surface area contributed by atoms with Crippen LogP contribution in [0, 0.1) is 0 Å². The molecule has 5 aromatic rings. The molecule has 0 saturated carbocycles. The Morgan fingerprint density at radius 3 is 2.72 bits per heavy atom. The largest absolute Gasteiger partial charge is 0.454 e. The number of esters is 1.